The summed E-state index contributed by atoms with van der Waals surface area (Å²) in [6, 6.07) is 3.03. The number of hydrazine groups is 2. The number of nitrogens with one attached hydrogen (secondary N) is 2. The summed E-state index contributed by atoms with van der Waals surface area (Å²) in [7, 11) is 0. The van der Waals surface area contributed by atoms with Gasteiger partial charge in [0.1, 0.15) is 12.3 Å². The van der Waals surface area contributed by atoms with Crippen molar-refractivity contribution in [3.8, 4) is 0 Å². The summed E-state index contributed by atoms with van der Waals surface area (Å²) >= 11 is 4.16. The maximum absolute atomic E-state index is 13.3. The van der Waals surface area contributed by atoms with Gasteiger partial charge in [-0.3, -0.25) is 24.6 Å². The maximum atomic E-state index is 13.3. The van der Waals surface area contributed by atoms with Gasteiger partial charge in [0.15, 0.2) is 0 Å². The molecule has 190 valence electrons. The molecule has 13 heteroatoms. The summed E-state index contributed by atoms with van der Waals surface area (Å²) in [5.41, 5.74) is 2.74. The van der Waals surface area contributed by atoms with E-state index in [1.807, 2.05) is 13.8 Å². The van der Waals surface area contributed by atoms with Crippen LogP contribution in [0.3, 0.4) is 0 Å². The molecule has 0 aliphatic carbocycles. The van der Waals surface area contributed by atoms with Gasteiger partial charge in [0.2, 0.25) is 11.8 Å². The van der Waals surface area contributed by atoms with Crippen LogP contribution in [0.15, 0.2) is 29.2 Å². The van der Waals surface area contributed by atoms with Crippen molar-refractivity contribution in [2.45, 2.75) is 56.5 Å². The maximum Gasteiger partial charge on any atom is 0.358 e. The van der Waals surface area contributed by atoms with E-state index in [0.29, 0.717) is 17.6 Å². The number of rotatable bonds is 7. The number of fused-ring (bicyclic) bond motifs is 1. The number of urea groups is 1. The molecule has 2 aliphatic rings. The fourth-order valence-electron chi connectivity index (χ4n) is 3.62. The number of hydrogen-bond acceptors (Lipinski definition) is 7. The Labute approximate surface area is 208 Å². The first-order valence-corrected chi connectivity index (χ1v) is 11.6. The lowest BCUT2D eigenvalue weighted by Crippen LogP contribution is -2.64. The first-order chi connectivity index (χ1) is 16.7. The zero-order chi connectivity index (χ0) is 26.1. The molecule has 2 aliphatic heterocycles. The van der Waals surface area contributed by atoms with Crippen LogP contribution in [0.4, 0.5) is 4.79 Å². The van der Waals surface area contributed by atoms with E-state index in [4.69, 9.17) is 5.11 Å². The Kier molecular flexibility index (Phi) is 10.1. The molecule has 35 heavy (non-hydrogen) atoms. The van der Waals surface area contributed by atoms with Crippen LogP contribution >= 0.6 is 12.6 Å². The third-order valence-electron chi connectivity index (χ3n) is 5.22. The smallest absolute Gasteiger partial charge is 0.358 e. The van der Waals surface area contributed by atoms with Crippen LogP contribution in [-0.4, -0.2) is 81.3 Å². The first-order valence-electron chi connectivity index (χ1n) is 11.2. The van der Waals surface area contributed by atoms with Gasteiger partial charge in [-0.25, -0.2) is 19.8 Å². The molecule has 0 radical (unpaired) electrons. The molecule has 2 heterocycles. The number of carboxylic acid groups (broad SMARTS) is 1. The Hall–Kier alpha value is -3.61. The van der Waals surface area contributed by atoms with E-state index in [1.165, 1.54) is 12.1 Å². The highest BCUT2D eigenvalue weighted by molar-refractivity contribution is 7.80. The third kappa shape index (κ3) is 6.94. The molecule has 2 saturated heterocycles. The molecule has 2 unspecified atom stereocenters. The molecule has 1 aromatic rings. The normalized spacial score (nSPS) is 18.4. The molecule has 0 aromatic heterocycles. The number of amides is 5. The fraction of sp³-hybridized carbons (Fsp3) is 0.455. The molecule has 5 amide bonds. The second kappa shape index (κ2) is 12.7. The number of nitrogens with zero attached hydrogens (tertiary/aromatic N) is 3. The highest BCUT2D eigenvalue weighted by Gasteiger charge is 2.44. The topological polar surface area (TPSA) is 156 Å². The lowest BCUT2D eigenvalue weighted by molar-refractivity contribution is -0.155. The van der Waals surface area contributed by atoms with Crippen molar-refractivity contribution in [1.82, 2.24) is 25.8 Å². The van der Waals surface area contributed by atoms with Gasteiger partial charge in [0, 0.05) is 23.4 Å². The summed E-state index contributed by atoms with van der Waals surface area (Å²) in [6.45, 7) is 4.09. The monoisotopic (exact) mass is 507 g/mol. The summed E-state index contributed by atoms with van der Waals surface area (Å²) < 4.78 is 0. The predicted molar refractivity (Wildman–Crippen MR) is 126 cm³/mol. The van der Waals surface area contributed by atoms with Gasteiger partial charge >= 0.3 is 12.0 Å². The minimum Gasteiger partial charge on any atom is -0.481 e. The lowest BCUT2D eigenvalue weighted by atomic mass is 10.1. The molecule has 3 rings (SSSR count). The van der Waals surface area contributed by atoms with E-state index in [-0.39, 0.29) is 31.5 Å². The average molecular weight is 508 g/mol. The highest BCUT2D eigenvalue weighted by Crippen LogP contribution is 2.24. The van der Waals surface area contributed by atoms with Crippen molar-refractivity contribution in [3.63, 3.8) is 0 Å². The van der Waals surface area contributed by atoms with Gasteiger partial charge in [-0.1, -0.05) is 13.8 Å². The Morgan fingerprint density at radius 3 is 2.43 bits per heavy atom. The van der Waals surface area contributed by atoms with Gasteiger partial charge in [-0.15, -0.1) is 12.6 Å². The zero-order valence-electron chi connectivity index (χ0n) is 19.5. The molecule has 0 saturated carbocycles. The predicted octanol–water partition coefficient (Wildman–Crippen LogP) is 0.838. The Morgan fingerprint density at radius 2 is 1.83 bits per heavy atom. The number of hydrogen-bond donors (Lipinski definition) is 4. The number of aliphatic carboxylic acids is 1. The Balaban J connectivity index is 0.00000210. The third-order valence-corrected chi connectivity index (χ3v) is 5.52. The standard InChI is InChI=1S/C20H23N5O7S.C2H6/c26-11-13(10-17(28)29)21-19(31)15-2-1-8-24-16(27)7-9-23(20(32)25(15)24)22-18(30)12-3-5-14(33)6-4-12;1-2/h3-6,11,13,15,33H,1-2,7-10H2,(H,21,31)(H,22,30)(H,28,29);1-2H3. The molecular weight excluding hydrogens is 478 g/mol. The molecule has 2 atom stereocenters. The first kappa shape index (κ1) is 27.6. The second-order valence-electron chi connectivity index (χ2n) is 7.54. The van der Waals surface area contributed by atoms with Gasteiger partial charge in [-0.2, -0.15) is 0 Å². The van der Waals surface area contributed by atoms with E-state index < -0.39 is 48.2 Å². The minimum absolute atomic E-state index is 0.0809. The SMILES string of the molecule is CC.O=CC(CC(=O)O)NC(=O)C1CCCN2C(=O)CCN(NC(=O)c3ccc(S)cc3)C(=O)N12. The van der Waals surface area contributed by atoms with Crippen molar-refractivity contribution >= 4 is 48.6 Å². The highest BCUT2D eigenvalue weighted by atomic mass is 32.1. The average Bonchev–Trinajstić information content (AvgIpc) is 2.97. The summed E-state index contributed by atoms with van der Waals surface area (Å²) in [5.74, 6) is -3.04. The molecule has 1 aromatic carbocycles. The van der Waals surface area contributed by atoms with Crippen LogP contribution in [0, 0.1) is 0 Å². The molecule has 12 nitrogen and oxygen atoms in total. The van der Waals surface area contributed by atoms with E-state index >= 15 is 0 Å². The lowest BCUT2D eigenvalue weighted by Gasteiger charge is -2.42. The number of carbonyl (C=O) groups is 6. The molecule has 0 bridgehead atoms. The van der Waals surface area contributed by atoms with E-state index in [9.17, 15) is 28.8 Å². The summed E-state index contributed by atoms with van der Waals surface area (Å²) in [6.07, 6.45) is 0.199. The minimum atomic E-state index is -1.28. The number of carbonyl (C=O) groups excluding carboxylic acids is 5. The van der Waals surface area contributed by atoms with Crippen LogP contribution in [0.5, 0.6) is 0 Å². The molecular formula is C22H29N5O7S. The van der Waals surface area contributed by atoms with Gasteiger partial charge < -0.3 is 15.2 Å². The Bertz CT molecular complexity index is 971. The van der Waals surface area contributed by atoms with Gasteiger partial charge in [0.05, 0.1) is 19.0 Å². The summed E-state index contributed by atoms with van der Waals surface area (Å²) in [4.78, 5) is 74.1. The van der Waals surface area contributed by atoms with Crippen molar-refractivity contribution in [2.75, 3.05) is 13.1 Å². The van der Waals surface area contributed by atoms with Crippen molar-refractivity contribution in [3.05, 3.63) is 29.8 Å². The van der Waals surface area contributed by atoms with Crippen LogP contribution in [0.1, 0.15) is 49.9 Å². The molecule has 2 fully saturated rings. The van der Waals surface area contributed by atoms with E-state index in [0.717, 1.165) is 15.0 Å². The van der Waals surface area contributed by atoms with Crippen molar-refractivity contribution < 1.29 is 33.9 Å². The van der Waals surface area contributed by atoms with Gasteiger partial charge in [0.25, 0.3) is 5.91 Å². The Morgan fingerprint density at radius 1 is 1.17 bits per heavy atom. The van der Waals surface area contributed by atoms with Crippen LogP contribution in [0.25, 0.3) is 0 Å². The number of aldehydes is 1. The van der Waals surface area contributed by atoms with Crippen molar-refractivity contribution in [1.29, 1.82) is 0 Å². The van der Waals surface area contributed by atoms with Crippen LogP contribution in [-0.2, 0) is 19.2 Å². The summed E-state index contributed by atoms with van der Waals surface area (Å²) in [5, 5.41) is 14.3. The quantitative estimate of drug-likeness (QED) is 0.315. The largest absolute Gasteiger partial charge is 0.481 e. The van der Waals surface area contributed by atoms with Crippen LogP contribution in [0.2, 0.25) is 0 Å². The molecule has 0 spiro atoms. The number of carboxylic acids is 1. The van der Waals surface area contributed by atoms with Crippen LogP contribution < -0.4 is 10.7 Å². The zero-order valence-corrected chi connectivity index (χ0v) is 20.4. The van der Waals surface area contributed by atoms with E-state index in [2.05, 4.69) is 23.4 Å². The van der Waals surface area contributed by atoms with E-state index in [1.54, 1.807) is 12.1 Å². The van der Waals surface area contributed by atoms with Crippen molar-refractivity contribution in [2.24, 2.45) is 0 Å². The fourth-order valence-corrected chi connectivity index (χ4v) is 3.77. The second-order valence-corrected chi connectivity index (χ2v) is 8.06. The van der Waals surface area contributed by atoms with Gasteiger partial charge in [-0.05, 0) is 37.1 Å². The molecule has 3 N–H and O–H groups in total. The number of benzene rings is 1. The number of thiol groups is 1.